The summed E-state index contributed by atoms with van der Waals surface area (Å²) < 4.78 is 22.8. The van der Waals surface area contributed by atoms with E-state index in [9.17, 15) is 9.59 Å². The fourth-order valence-electron chi connectivity index (χ4n) is 2.96. The summed E-state index contributed by atoms with van der Waals surface area (Å²) >= 11 is 0. The maximum Gasteiger partial charge on any atom is 0.342 e. The van der Waals surface area contributed by atoms with E-state index in [0.29, 0.717) is 0 Å². The summed E-state index contributed by atoms with van der Waals surface area (Å²) in [5.41, 5.74) is -3.09. The highest BCUT2D eigenvalue weighted by molar-refractivity contribution is 5.93. The van der Waals surface area contributed by atoms with E-state index in [-0.39, 0.29) is 51.1 Å². The molecule has 0 aromatic heterocycles. The van der Waals surface area contributed by atoms with Crippen molar-refractivity contribution in [1.29, 1.82) is 0 Å². The predicted molar refractivity (Wildman–Crippen MR) is 101 cm³/mol. The van der Waals surface area contributed by atoms with Crippen LogP contribution in [0.15, 0.2) is 0 Å². The molecule has 0 saturated heterocycles. The van der Waals surface area contributed by atoms with Crippen molar-refractivity contribution in [2.24, 2.45) is 11.8 Å². The Morgan fingerprint density at radius 1 is 0.692 bits per heavy atom. The quantitative estimate of drug-likeness (QED) is 0.457. The summed E-state index contributed by atoms with van der Waals surface area (Å²) in [6.45, 7) is 16.0. The SMILES string of the molecule is CCOC(CC)(C(=O)OCC(C)C)C(CC)(OCC)C(=O)OCC(C)C. The van der Waals surface area contributed by atoms with E-state index in [1.165, 1.54) is 0 Å². The molecule has 0 aliphatic heterocycles. The fourth-order valence-corrected chi connectivity index (χ4v) is 2.96. The number of ether oxygens (including phenoxy) is 4. The first kappa shape index (κ1) is 24.9. The van der Waals surface area contributed by atoms with Crippen molar-refractivity contribution in [1.82, 2.24) is 0 Å². The first-order valence-corrected chi connectivity index (χ1v) is 9.79. The zero-order valence-electron chi connectivity index (χ0n) is 17.8. The molecule has 6 heteroatoms. The topological polar surface area (TPSA) is 71.1 Å². The average molecular weight is 375 g/mol. The molecule has 0 rings (SSSR count). The maximum atomic E-state index is 13.1. The number of esters is 2. The molecule has 0 spiro atoms. The highest BCUT2D eigenvalue weighted by atomic mass is 16.6. The molecule has 0 heterocycles. The third kappa shape index (κ3) is 5.68. The monoisotopic (exact) mass is 374 g/mol. The van der Waals surface area contributed by atoms with Gasteiger partial charge in [0, 0.05) is 13.2 Å². The van der Waals surface area contributed by atoms with Gasteiger partial charge in [-0.3, -0.25) is 0 Å². The molecule has 2 unspecified atom stereocenters. The molecule has 154 valence electrons. The van der Waals surface area contributed by atoms with Gasteiger partial charge in [0.1, 0.15) is 0 Å². The minimum atomic E-state index is -1.55. The second-order valence-electron chi connectivity index (χ2n) is 7.21. The van der Waals surface area contributed by atoms with Crippen LogP contribution in [0.25, 0.3) is 0 Å². The normalized spacial score (nSPS) is 16.2. The van der Waals surface area contributed by atoms with Crippen LogP contribution in [0.4, 0.5) is 0 Å². The van der Waals surface area contributed by atoms with Crippen molar-refractivity contribution in [3.8, 4) is 0 Å². The van der Waals surface area contributed by atoms with Crippen LogP contribution < -0.4 is 0 Å². The molecule has 26 heavy (non-hydrogen) atoms. The lowest BCUT2D eigenvalue weighted by atomic mass is 9.77. The highest BCUT2D eigenvalue weighted by Crippen LogP contribution is 2.39. The van der Waals surface area contributed by atoms with E-state index in [4.69, 9.17) is 18.9 Å². The number of hydrogen-bond acceptors (Lipinski definition) is 6. The summed E-state index contributed by atoms with van der Waals surface area (Å²) in [4.78, 5) is 26.2. The van der Waals surface area contributed by atoms with Crippen LogP contribution in [0.3, 0.4) is 0 Å². The van der Waals surface area contributed by atoms with E-state index in [0.717, 1.165) is 0 Å². The highest BCUT2D eigenvalue weighted by Gasteiger charge is 2.63. The molecule has 2 atom stereocenters. The summed E-state index contributed by atoms with van der Waals surface area (Å²) in [6.07, 6.45) is 0.477. The van der Waals surface area contributed by atoms with E-state index < -0.39 is 23.1 Å². The molecule has 0 aliphatic rings. The van der Waals surface area contributed by atoms with Crippen LogP contribution in [0, 0.1) is 11.8 Å². The van der Waals surface area contributed by atoms with Gasteiger partial charge in [-0.05, 0) is 38.5 Å². The van der Waals surface area contributed by atoms with Crippen LogP contribution in [-0.4, -0.2) is 49.6 Å². The second-order valence-corrected chi connectivity index (χ2v) is 7.21. The van der Waals surface area contributed by atoms with Crippen LogP contribution in [-0.2, 0) is 28.5 Å². The molecule has 0 fully saturated rings. The Morgan fingerprint density at radius 3 is 1.19 bits per heavy atom. The third-order valence-electron chi connectivity index (χ3n) is 4.18. The maximum absolute atomic E-state index is 13.1. The van der Waals surface area contributed by atoms with E-state index in [2.05, 4.69) is 0 Å². The van der Waals surface area contributed by atoms with Crippen LogP contribution >= 0.6 is 0 Å². The zero-order chi connectivity index (χ0) is 20.4. The van der Waals surface area contributed by atoms with Gasteiger partial charge in [0.2, 0.25) is 11.2 Å². The van der Waals surface area contributed by atoms with Crippen LogP contribution in [0.5, 0.6) is 0 Å². The Kier molecular flexibility index (Phi) is 11.0. The van der Waals surface area contributed by atoms with Crippen molar-refractivity contribution in [3.05, 3.63) is 0 Å². The minimum absolute atomic E-state index is 0.172. The fraction of sp³-hybridized carbons (Fsp3) is 0.900. The molecule has 0 N–H and O–H groups in total. The van der Waals surface area contributed by atoms with Crippen molar-refractivity contribution < 1.29 is 28.5 Å². The zero-order valence-corrected chi connectivity index (χ0v) is 17.8. The van der Waals surface area contributed by atoms with Gasteiger partial charge in [0.05, 0.1) is 13.2 Å². The van der Waals surface area contributed by atoms with Gasteiger partial charge in [-0.15, -0.1) is 0 Å². The second kappa shape index (κ2) is 11.5. The molecule has 0 bridgehead atoms. The predicted octanol–water partition coefficient (Wildman–Crippen LogP) is 3.76. The molecule has 0 radical (unpaired) electrons. The average Bonchev–Trinajstić information content (AvgIpc) is 2.60. The Labute approximate surface area is 158 Å². The lowest BCUT2D eigenvalue weighted by molar-refractivity contribution is -0.237. The smallest absolute Gasteiger partial charge is 0.342 e. The molecule has 0 saturated carbocycles. The Balaban J connectivity index is 6.07. The standard InChI is InChI=1S/C20H38O6/c1-9-19(25-11-3,17(21)23-13-15(5)6)20(10-2,26-12-4)18(22)24-14-16(7)8/h15-16H,9-14H2,1-8H3. The van der Waals surface area contributed by atoms with Gasteiger partial charge in [-0.2, -0.15) is 0 Å². The molecule has 0 aromatic rings. The lowest BCUT2D eigenvalue weighted by Gasteiger charge is -2.45. The van der Waals surface area contributed by atoms with E-state index in [1.807, 2.05) is 27.7 Å². The molecule has 0 aliphatic carbocycles. The van der Waals surface area contributed by atoms with Gasteiger partial charge < -0.3 is 18.9 Å². The van der Waals surface area contributed by atoms with Crippen molar-refractivity contribution in [2.75, 3.05) is 26.4 Å². The molecular weight excluding hydrogens is 336 g/mol. The van der Waals surface area contributed by atoms with Crippen LogP contribution in [0.2, 0.25) is 0 Å². The molecular formula is C20H38O6. The molecule has 0 aromatic carbocycles. The number of hydrogen-bond donors (Lipinski definition) is 0. The minimum Gasteiger partial charge on any atom is -0.463 e. The Bertz CT molecular complexity index is 394. The van der Waals surface area contributed by atoms with Gasteiger partial charge in [-0.1, -0.05) is 41.5 Å². The summed E-state index contributed by atoms with van der Waals surface area (Å²) in [5, 5.41) is 0. The Hall–Kier alpha value is -1.14. The third-order valence-corrected chi connectivity index (χ3v) is 4.18. The number of carbonyl (C=O) groups excluding carboxylic acids is 2. The lowest BCUT2D eigenvalue weighted by Crippen LogP contribution is -2.67. The van der Waals surface area contributed by atoms with Crippen molar-refractivity contribution >= 4 is 11.9 Å². The van der Waals surface area contributed by atoms with Gasteiger partial charge in [-0.25, -0.2) is 9.59 Å². The largest absolute Gasteiger partial charge is 0.463 e. The van der Waals surface area contributed by atoms with Gasteiger partial charge >= 0.3 is 11.9 Å². The molecule has 0 amide bonds. The first-order chi connectivity index (χ1) is 12.2. The van der Waals surface area contributed by atoms with Gasteiger partial charge in [0.25, 0.3) is 0 Å². The Morgan fingerprint density at radius 2 is 1.00 bits per heavy atom. The van der Waals surface area contributed by atoms with Crippen LogP contribution in [0.1, 0.15) is 68.2 Å². The van der Waals surface area contributed by atoms with E-state index in [1.54, 1.807) is 27.7 Å². The number of carbonyl (C=O) groups is 2. The number of rotatable bonds is 13. The van der Waals surface area contributed by atoms with E-state index >= 15 is 0 Å². The first-order valence-electron chi connectivity index (χ1n) is 9.79. The summed E-state index contributed by atoms with van der Waals surface area (Å²) in [7, 11) is 0. The van der Waals surface area contributed by atoms with Crippen molar-refractivity contribution in [3.63, 3.8) is 0 Å². The molecule has 6 nitrogen and oxygen atoms in total. The van der Waals surface area contributed by atoms with Crippen molar-refractivity contribution in [2.45, 2.75) is 79.4 Å². The van der Waals surface area contributed by atoms with Gasteiger partial charge in [0.15, 0.2) is 0 Å². The summed E-state index contributed by atoms with van der Waals surface area (Å²) in [6, 6.07) is 0. The summed E-state index contributed by atoms with van der Waals surface area (Å²) in [5.74, 6) is -0.808.